The van der Waals surface area contributed by atoms with Gasteiger partial charge < -0.3 is 24.5 Å². The number of H-pyrrole nitrogens is 1. The fourth-order valence-corrected chi connectivity index (χ4v) is 2.68. The van der Waals surface area contributed by atoms with Crippen molar-refractivity contribution in [3.8, 4) is 28.6 Å². The number of aromatic nitrogens is 2. The highest BCUT2D eigenvalue weighted by atomic mass is 16.5. The Hall–Kier alpha value is -3.22. The lowest BCUT2D eigenvalue weighted by Gasteiger charge is -2.12. The SMILES string of the molecule is CNc1cc(OC)ccc1-c1nc2cc(OC)cc(OC)c2c(=O)[nH]1. The van der Waals surface area contributed by atoms with Gasteiger partial charge in [-0.2, -0.15) is 0 Å². The van der Waals surface area contributed by atoms with Gasteiger partial charge in [0.05, 0.1) is 26.8 Å². The summed E-state index contributed by atoms with van der Waals surface area (Å²) in [5.41, 5.74) is 1.76. The van der Waals surface area contributed by atoms with Crippen LogP contribution in [0, 0.1) is 0 Å². The number of fused-ring (bicyclic) bond motifs is 1. The van der Waals surface area contributed by atoms with Crippen molar-refractivity contribution in [2.75, 3.05) is 33.7 Å². The quantitative estimate of drug-likeness (QED) is 0.742. The lowest BCUT2D eigenvalue weighted by Crippen LogP contribution is -2.11. The van der Waals surface area contributed by atoms with Crippen LogP contribution in [0.5, 0.6) is 17.2 Å². The summed E-state index contributed by atoms with van der Waals surface area (Å²) in [6.07, 6.45) is 0. The van der Waals surface area contributed by atoms with Crippen LogP contribution in [0.25, 0.3) is 22.3 Å². The fourth-order valence-electron chi connectivity index (χ4n) is 2.68. The predicted molar refractivity (Wildman–Crippen MR) is 97.0 cm³/mol. The van der Waals surface area contributed by atoms with Crippen LogP contribution in [0.3, 0.4) is 0 Å². The number of benzene rings is 2. The van der Waals surface area contributed by atoms with Crippen molar-refractivity contribution in [3.63, 3.8) is 0 Å². The molecule has 0 bridgehead atoms. The molecule has 2 N–H and O–H groups in total. The highest BCUT2D eigenvalue weighted by Gasteiger charge is 2.15. The van der Waals surface area contributed by atoms with E-state index in [1.165, 1.54) is 7.11 Å². The second-order valence-electron chi connectivity index (χ2n) is 5.30. The van der Waals surface area contributed by atoms with Gasteiger partial charge in [0.2, 0.25) is 0 Å². The topological polar surface area (TPSA) is 85.5 Å². The zero-order valence-corrected chi connectivity index (χ0v) is 14.5. The molecule has 2 aromatic carbocycles. The number of hydrogen-bond donors (Lipinski definition) is 2. The minimum Gasteiger partial charge on any atom is -0.497 e. The average Bonchev–Trinajstić information content (AvgIpc) is 2.65. The number of ether oxygens (including phenoxy) is 3. The van der Waals surface area contributed by atoms with E-state index in [0.717, 1.165) is 11.3 Å². The van der Waals surface area contributed by atoms with E-state index in [4.69, 9.17) is 14.2 Å². The van der Waals surface area contributed by atoms with E-state index < -0.39 is 0 Å². The summed E-state index contributed by atoms with van der Waals surface area (Å²) in [6, 6.07) is 8.86. The normalized spacial score (nSPS) is 10.6. The molecular formula is C18H19N3O4. The Morgan fingerprint density at radius 2 is 1.76 bits per heavy atom. The molecule has 0 radical (unpaired) electrons. The summed E-state index contributed by atoms with van der Waals surface area (Å²) in [5.74, 6) is 2.13. The molecule has 130 valence electrons. The molecule has 0 unspecified atom stereocenters. The summed E-state index contributed by atoms with van der Waals surface area (Å²) in [6.45, 7) is 0. The first-order valence-corrected chi connectivity index (χ1v) is 7.63. The van der Waals surface area contributed by atoms with Gasteiger partial charge >= 0.3 is 0 Å². The Bertz CT molecular complexity index is 982. The summed E-state index contributed by atoms with van der Waals surface area (Å²) in [5, 5.41) is 3.47. The first kappa shape index (κ1) is 16.6. The summed E-state index contributed by atoms with van der Waals surface area (Å²) in [4.78, 5) is 20.0. The largest absolute Gasteiger partial charge is 0.497 e. The Kier molecular flexibility index (Phi) is 4.47. The van der Waals surface area contributed by atoms with Gasteiger partial charge in [0.25, 0.3) is 5.56 Å². The predicted octanol–water partition coefficient (Wildman–Crippen LogP) is 2.66. The molecule has 0 spiro atoms. The molecule has 1 heterocycles. The van der Waals surface area contributed by atoms with Crippen LogP contribution in [0.4, 0.5) is 5.69 Å². The fraction of sp³-hybridized carbons (Fsp3) is 0.222. The van der Waals surface area contributed by atoms with Gasteiger partial charge in [0, 0.05) is 36.5 Å². The van der Waals surface area contributed by atoms with Crippen molar-refractivity contribution in [2.45, 2.75) is 0 Å². The molecular weight excluding hydrogens is 322 g/mol. The second-order valence-corrected chi connectivity index (χ2v) is 5.30. The van der Waals surface area contributed by atoms with Crippen LogP contribution in [-0.4, -0.2) is 38.3 Å². The Labute approximate surface area is 144 Å². The van der Waals surface area contributed by atoms with Crippen molar-refractivity contribution in [2.24, 2.45) is 0 Å². The monoisotopic (exact) mass is 341 g/mol. The van der Waals surface area contributed by atoms with E-state index in [1.807, 2.05) is 18.2 Å². The number of nitrogens with zero attached hydrogens (tertiary/aromatic N) is 1. The Morgan fingerprint density at radius 1 is 1.00 bits per heavy atom. The van der Waals surface area contributed by atoms with Crippen molar-refractivity contribution in [3.05, 3.63) is 40.7 Å². The van der Waals surface area contributed by atoms with Gasteiger partial charge in [-0.3, -0.25) is 4.79 Å². The van der Waals surface area contributed by atoms with Gasteiger partial charge in [-0.1, -0.05) is 0 Å². The van der Waals surface area contributed by atoms with Gasteiger partial charge in [-0.15, -0.1) is 0 Å². The zero-order valence-electron chi connectivity index (χ0n) is 14.5. The molecule has 0 saturated carbocycles. The minimum atomic E-state index is -0.280. The van der Waals surface area contributed by atoms with Crippen LogP contribution < -0.4 is 25.1 Å². The number of aromatic amines is 1. The van der Waals surface area contributed by atoms with Crippen LogP contribution >= 0.6 is 0 Å². The summed E-state index contributed by atoms with van der Waals surface area (Å²) >= 11 is 0. The molecule has 1 aromatic heterocycles. The van der Waals surface area contributed by atoms with E-state index in [-0.39, 0.29) is 5.56 Å². The molecule has 0 fully saturated rings. The number of rotatable bonds is 5. The molecule has 25 heavy (non-hydrogen) atoms. The maximum absolute atomic E-state index is 12.6. The van der Waals surface area contributed by atoms with E-state index in [2.05, 4.69) is 15.3 Å². The van der Waals surface area contributed by atoms with Crippen LogP contribution in [0.1, 0.15) is 0 Å². The molecule has 7 nitrogen and oxygen atoms in total. The molecule has 0 aliphatic heterocycles. The number of hydrogen-bond acceptors (Lipinski definition) is 6. The van der Waals surface area contributed by atoms with Crippen molar-refractivity contribution < 1.29 is 14.2 Å². The van der Waals surface area contributed by atoms with Crippen molar-refractivity contribution in [1.29, 1.82) is 0 Å². The number of nitrogens with one attached hydrogen (secondary N) is 2. The van der Waals surface area contributed by atoms with Gasteiger partial charge in [0.15, 0.2) is 0 Å². The van der Waals surface area contributed by atoms with Crippen LogP contribution in [-0.2, 0) is 0 Å². The molecule has 0 saturated heterocycles. The lowest BCUT2D eigenvalue weighted by molar-refractivity contribution is 0.397. The van der Waals surface area contributed by atoms with E-state index in [0.29, 0.717) is 34.0 Å². The zero-order chi connectivity index (χ0) is 18.0. The first-order valence-electron chi connectivity index (χ1n) is 7.63. The minimum absolute atomic E-state index is 0.280. The van der Waals surface area contributed by atoms with E-state index >= 15 is 0 Å². The summed E-state index contributed by atoms with van der Waals surface area (Å²) in [7, 11) is 6.45. The van der Waals surface area contributed by atoms with Gasteiger partial charge in [-0.05, 0) is 12.1 Å². The van der Waals surface area contributed by atoms with Crippen LogP contribution in [0.15, 0.2) is 35.1 Å². The lowest BCUT2D eigenvalue weighted by atomic mass is 10.1. The molecule has 0 aliphatic rings. The number of anilines is 1. The maximum atomic E-state index is 12.6. The smallest absolute Gasteiger partial charge is 0.262 e. The second kappa shape index (κ2) is 6.72. The Morgan fingerprint density at radius 3 is 2.40 bits per heavy atom. The number of methoxy groups -OCH3 is 3. The first-order chi connectivity index (χ1) is 12.1. The summed E-state index contributed by atoms with van der Waals surface area (Å²) < 4.78 is 15.8. The average molecular weight is 341 g/mol. The standard InChI is InChI=1S/C18H19N3O4/c1-19-13-7-10(23-2)5-6-12(13)17-20-14-8-11(24-3)9-15(25-4)16(14)18(22)21-17/h5-9,19H,1-4H3,(H,20,21,22). The third-order valence-corrected chi connectivity index (χ3v) is 3.95. The molecule has 0 aliphatic carbocycles. The third kappa shape index (κ3) is 2.96. The van der Waals surface area contributed by atoms with Crippen molar-refractivity contribution in [1.82, 2.24) is 9.97 Å². The molecule has 0 amide bonds. The van der Waals surface area contributed by atoms with E-state index in [9.17, 15) is 4.79 Å². The van der Waals surface area contributed by atoms with E-state index in [1.54, 1.807) is 33.4 Å². The highest BCUT2D eigenvalue weighted by Crippen LogP contribution is 2.32. The van der Waals surface area contributed by atoms with Gasteiger partial charge in [-0.25, -0.2) is 4.98 Å². The van der Waals surface area contributed by atoms with Crippen LogP contribution in [0.2, 0.25) is 0 Å². The van der Waals surface area contributed by atoms with Crippen molar-refractivity contribution >= 4 is 16.6 Å². The maximum Gasteiger partial charge on any atom is 0.262 e. The highest BCUT2D eigenvalue weighted by molar-refractivity contribution is 5.88. The molecule has 7 heteroatoms. The third-order valence-electron chi connectivity index (χ3n) is 3.95. The van der Waals surface area contributed by atoms with Gasteiger partial charge in [0.1, 0.15) is 28.5 Å². The molecule has 3 rings (SSSR count). The molecule has 3 aromatic rings. The Balaban J connectivity index is 2.27. The molecule has 0 atom stereocenters.